The van der Waals surface area contributed by atoms with Crippen molar-refractivity contribution in [2.24, 2.45) is 14.1 Å². The molecule has 0 fully saturated rings. The predicted molar refractivity (Wildman–Crippen MR) is 120 cm³/mol. The molecular formula is C22H20N4O4S. The number of imidazole rings is 1. The molecule has 0 aliphatic carbocycles. The van der Waals surface area contributed by atoms with Gasteiger partial charge in [0.1, 0.15) is 6.04 Å². The number of sulfonamides is 1. The smallest absolute Gasteiger partial charge is 0.324 e. The summed E-state index contributed by atoms with van der Waals surface area (Å²) in [4.78, 5) is 25.4. The minimum Gasteiger partial charge on any atom is -0.324 e. The van der Waals surface area contributed by atoms with Crippen LogP contribution in [0.1, 0.15) is 6.92 Å². The van der Waals surface area contributed by atoms with E-state index < -0.39 is 22.0 Å². The van der Waals surface area contributed by atoms with Crippen LogP contribution >= 0.6 is 0 Å². The second-order valence-corrected chi connectivity index (χ2v) is 9.48. The Bertz CT molecular complexity index is 1560. The molecule has 3 aromatic carbocycles. The maximum atomic E-state index is 13.2. The number of amides is 1. The first kappa shape index (κ1) is 19.4. The second kappa shape index (κ2) is 6.45. The fraction of sp³-hybridized carbons (Fsp3) is 0.182. The minimum atomic E-state index is -3.85. The number of nitrogens with one attached hydrogen (secondary N) is 1. The van der Waals surface area contributed by atoms with E-state index >= 15 is 0 Å². The zero-order valence-corrected chi connectivity index (χ0v) is 18.0. The van der Waals surface area contributed by atoms with Gasteiger partial charge in [-0.2, -0.15) is 0 Å². The number of anilines is 2. The summed E-state index contributed by atoms with van der Waals surface area (Å²) in [5, 5.41) is 4.23. The molecule has 0 saturated carbocycles. The van der Waals surface area contributed by atoms with Crippen molar-refractivity contribution in [3.8, 4) is 0 Å². The van der Waals surface area contributed by atoms with Crippen molar-refractivity contribution in [1.82, 2.24) is 9.13 Å². The number of aryl methyl sites for hydroxylation is 2. The molecule has 5 rings (SSSR count). The van der Waals surface area contributed by atoms with Gasteiger partial charge in [-0.15, -0.1) is 0 Å². The molecule has 1 amide bonds. The summed E-state index contributed by atoms with van der Waals surface area (Å²) in [6.07, 6.45) is 0. The van der Waals surface area contributed by atoms with E-state index in [1.54, 1.807) is 63.5 Å². The Morgan fingerprint density at radius 3 is 2.39 bits per heavy atom. The van der Waals surface area contributed by atoms with Crippen LogP contribution in [0.2, 0.25) is 0 Å². The van der Waals surface area contributed by atoms with Gasteiger partial charge in [-0.3, -0.25) is 18.2 Å². The number of aromatic nitrogens is 2. The quantitative estimate of drug-likeness (QED) is 0.534. The van der Waals surface area contributed by atoms with E-state index in [2.05, 4.69) is 5.32 Å². The molecule has 8 nitrogen and oxygen atoms in total. The largest absolute Gasteiger partial charge is 0.328 e. The Labute approximate surface area is 178 Å². The summed E-state index contributed by atoms with van der Waals surface area (Å²) in [5.74, 6) is -0.464. The molecule has 4 aromatic rings. The average Bonchev–Trinajstić information content (AvgIpc) is 3.11. The van der Waals surface area contributed by atoms with Crippen LogP contribution in [-0.4, -0.2) is 29.5 Å². The summed E-state index contributed by atoms with van der Waals surface area (Å²) < 4.78 is 30.7. The van der Waals surface area contributed by atoms with Gasteiger partial charge in [0.2, 0.25) is 5.91 Å². The maximum Gasteiger partial charge on any atom is 0.328 e. The molecule has 1 aliphatic rings. The Morgan fingerprint density at radius 2 is 1.65 bits per heavy atom. The Morgan fingerprint density at radius 1 is 0.968 bits per heavy atom. The molecular weight excluding hydrogens is 416 g/mol. The highest BCUT2D eigenvalue weighted by molar-refractivity contribution is 7.93. The molecule has 1 atom stereocenters. The number of benzene rings is 3. The number of carbonyl (C=O) groups excluding carboxylic acids is 1. The van der Waals surface area contributed by atoms with Crippen molar-refractivity contribution in [3.63, 3.8) is 0 Å². The van der Waals surface area contributed by atoms with Gasteiger partial charge in [0.05, 0.1) is 21.6 Å². The van der Waals surface area contributed by atoms with Crippen molar-refractivity contribution < 1.29 is 13.2 Å². The standard InChI is InChI=1S/C22H20N4O4S/c1-13(21(27)23-15-10-11-16-18(12-15)25(3)22(28)24(16)2)26-17-8-4-6-14-7-5-9-19(20(14)17)31(26,29)30/h4-13H,1-3H3,(H,23,27)/t13-/m0/s1. The van der Waals surface area contributed by atoms with Gasteiger partial charge in [-0.1, -0.05) is 24.3 Å². The van der Waals surface area contributed by atoms with Gasteiger partial charge in [-0.05, 0) is 42.6 Å². The van der Waals surface area contributed by atoms with E-state index in [0.29, 0.717) is 22.3 Å². The first-order valence-corrected chi connectivity index (χ1v) is 11.2. The highest BCUT2D eigenvalue weighted by Gasteiger charge is 2.40. The number of hydrogen-bond donors (Lipinski definition) is 1. The van der Waals surface area contributed by atoms with Crippen molar-refractivity contribution >= 4 is 49.1 Å². The molecule has 1 N–H and O–H groups in total. The van der Waals surface area contributed by atoms with Crippen LogP contribution in [0, 0.1) is 0 Å². The van der Waals surface area contributed by atoms with Crippen LogP contribution in [0.4, 0.5) is 11.4 Å². The maximum absolute atomic E-state index is 13.2. The average molecular weight is 436 g/mol. The van der Waals surface area contributed by atoms with Crippen LogP contribution in [0.15, 0.2) is 64.3 Å². The Hall–Kier alpha value is -3.59. The minimum absolute atomic E-state index is 0.166. The lowest BCUT2D eigenvalue weighted by molar-refractivity contribution is -0.116. The van der Waals surface area contributed by atoms with Gasteiger partial charge in [0, 0.05) is 25.2 Å². The third-order valence-corrected chi connectivity index (χ3v) is 7.82. The van der Waals surface area contributed by atoms with Gasteiger partial charge in [-0.25, -0.2) is 13.2 Å². The number of rotatable bonds is 3. The summed E-state index contributed by atoms with van der Waals surface area (Å²) in [7, 11) is -0.513. The summed E-state index contributed by atoms with van der Waals surface area (Å²) in [6, 6.07) is 14.6. The van der Waals surface area contributed by atoms with Gasteiger partial charge in [0.25, 0.3) is 10.0 Å². The van der Waals surface area contributed by atoms with E-state index in [0.717, 1.165) is 10.9 Å². The zero-order valence-electron chi connectivity index (χ0n) is 17.2. The highest BCUT2D eigenvalue weighted by atomic mass is 32.2. The van der Waals surface area contributed by atoms with Crippen molar-refractivity contribution in [3.05, 3.63) is 65.1 Å². The lowest BCUT2D eigenvalue weighted by atomic mass is 10.1. The lowest BCUT2D eigenvalue weighted by Crippen LogP contribution is -2.43. The van der Waals surface area contributed by atoms with E-state index in [1.165, 1.54) is 13.4 Å². The molecule has 2 heterocycles. The number of fused-ring (bicyclic) bond motifs is 1. The molecule has 0 bridgehead atoms. The van der Waals surface area contributed by atoms with Gasteiger partial charge >= 0.3 is 5.69 Å². The van der Waals surface area contributed by atoms with E-state index in [9.17, 15) is 18.0 Å². The molecule has 0 spiro atoms. The van der Waals surface area contributed by atoms with E-state index in [1.807, 2.05) is 12.1 Å². The summed E-state index contributed by atoms with van der Waals surface area (Å²) in [5.41, 5.74) is 2.22. The van der Waals surface area contributed by atoms with E-state index in [4.69, 9.17) is 0 Å². The third kappa shape index (κ3) is 2.63. The monoisotopic (exact) mass is 436 g/mol. The number of hydrogen-bond acceptors (Lipinski definition) is 4. The van der Waals surface area contributed by atoms with Crippen LogP contribution in [0.25, 0.3) is 21.8 Å². The summed E-state index contributed by atoms with van der Waals surface area (Å²) >= 11 is 0. The van der Waals surface area contributed by atoms with Crippen LogP contribution in [0.5, 0.6) is 0 Å². The Balaban J connectivity index is 1.51. The molecule has 31 heavy (non-hydrogen) atoms. The third-order valence-electron chi connectivity index (χ3n) is 5.89. The zero-order chi connectivity index (χ0) is 22.1. The van der Waals surface area contributed by atoms with Crippen molar-refractivity contribution in [2.75, 3.05) is 9.62 Å². The van der Waals surface area contributed by atoms with Crippen molar-refractivity contribution in [2.45, 2.75) is 17.9 Å². The van der Waals surface area contributed by atoms with Crippen LogP contribution < -0.4 is 15.3 Å². The second-order valence-electron chi connectivity index (χ2n) is 7.70. The number of nitrogens with zero attached hydrogens (tertiary/aromatic N) is 3. The SMILES string of the molecule is C[C@@H](C(=O)Nc1ccc2c(c1)n(C)c(=O)n2C)N1c2cccc3cccc(c23)S1(=O)=O. The molecule has 0 saturated heterocycles. The van der Waals surface area contributed by atoms with Gasteiger partial charge < -0.3 is 5.32 Å². The first-order chi connectivity index (χ1) is 14.7. The fourth-order valence-electron chi connectivity index (χ4n) is 4.28. The summed E-state index contributed by atoms with van der Waals surface area (Å²) in [6.45, 7) is 1.56. The molecule has 1 aliphatic heterocycles. The van der Waals surface area contributed by atoms with Crippen LogP contribution in [0.3, 0.4) is 0 Å². The molecule has 9 heteroatoms. The topological polar surface area (TPSA) is 93.4 Å². The lowest BCUT2D eigenvalue weighted by Gasteiger charge is -2.25. The normalized spacial score (nSPS) is 15.5. The molecule has 158 valence electrons. The van der Waals surface area contributed by atoms with Crippen LogP contribution in [-0.2, 0) is 28.9 Å². The Kier molecular flexibility index (Phi) is 4.03. The highest BCUT2D eigenvalue weighted by Crippen LogP contribution is 2.43. The molecule has 1 aromatic heterocycles. The fourth-order valence-corrected chi connectivity index (χ4v) is 6.14. The van der Waals surface area contributed by atoms with Gasteiger partial charge in [0.15, 0.2) is 0 Å². The van der Waals surface area contributed by atoms with E-state index in [-0.39, 0.29) is 10.6 Å². The first-order valence-electron chi connectivity index (χ1n) is 9.74. The number of carbonyl (C=O) groups is 1. The van der Waals surface area contributed by atoms with Crippen molar-refractivity contribution in [1.29, 1.82) is 0 Å². The molecule has 0 radical (unpaired) electrons. The predicted octanol–water partition coefficient (Wildman–Crippen LogP) is 2.57. The molecule has 0 unspecified atom stereocenters.